The molecule has 0 amide bonds. The maximum atomic E-state index is 3.62. The van der Waals surface area contributed by atoms with E-state index >= 15 is 0 Å². The molecule has 0 spiro atoms. The molecule has 3 unspecified atom stereocenters. The molecule has 17 heavy (non-hydrogen) atoms. The van der Waals surface area contributed by atoms with Gasteiger partial charge in [-0.05, 0) is 38.4 Å². The fourth-order valence-corrected chi connectivity index (χ4v) is 4.25. The van der Waals surface area contributed by atoms with Crippen LogP contribution < -0.4 is 5.32 Å². The molecule has 3 heteroatoms. The van der Waals surface area contributed by atoms with Crippen LogP contribution in [0.1, 0.15) is 40.5 Å². The van der Waals surface area contributed by atoms with E-state index in [2.05, 4.69) is 49.7 Å². The van der Waals surface area contributed by atoms with Crippen molar-refractivity contribution in [3.8, 4) is 0 Å². The van der Waals surface area contributed by atoms with Gasteiger partial charge in [0.2, 0.25) is 0 Å². The van der Waals surface area contributed by atoms with Gasteiger partial charge in [-0.2, -0.15) is 11.8 Å². The molecule has 1 N–H and O–H groups in total. The largest absolute Gasteiger partial charge is 0.314 e. The smallest absolute Gasteiger partial charge is 0.0103 e. The van der Waals surface area contributed by atoms with Crippen LogP contribution in [-0.2, 0) is 0 Å². The summed E-state index contributed by atoms with van der Waals surface area (Å²) in [5.41, 5.74) is 0. The van der Waals surface area contributed by atoms with Crippen LogP contribution >= 0.6 is 11.8 Å². The number of hydrogen-bond donors (Lipinski definition) is 1. The molecule has 3 atom stereocenters. The summed E-state index contributed by atoms with van der Waals surface area (Å²) in [6.45, 7) is 13.9. The Morgan fingerprint density at radius 2 is 1.88 bits per heavy atom. The minimum absolute atomic E-state index is 0.769. The fraction of sp³-hybridized carbons (Fsp3) is 1.00. The standard InChI is InChI=1S/C14H30N2S/c1-5-15-13-8-9-14(12(13)4)17-11-10-16(6-2)7-3/h12-15H,5-11H2,1-4H3. The quantitative estimate of drug-likeness (QED) is 0.721. The highest BCUT2D eigenvalue weighted by Gasteiger charge is 2.32. The van der Waals surface area contributed by atoms with Gasteiger partial charge in [-0.25, -0.2) is 0 Å². The van der Waals surface area contributed by atoms with Crippen molar-refractivity contribution in [1.82, 2.24) is 10.2 Å². The van der Waals surface area contributed by atoms with E-state index in [1.54, 1.807) is 0 Å². The Morgan fingerprint density at radius 1 is 1.18 bits per heavy atom. The third-order valence-corrected chi connectivity index (χ3v) is 5.59. The molecule has 102 valence electrons. The van der Waals surface area contributed by atoms with Crippen molar-refractivity contribution < 1.29 is 0 Å². The van der Waals surface area contributed by atoms with E-state index in [4.69, 9.17) is 0 Å². The SMILES string of the molecule is CCNC1CCC(SCCN(CC)CC)C1C. The van der Waals surface area contributed by atoms with Gasteiger partial charge in [0.25, 0.3) is 0 Å². The second kappa shape index (κ2) is 8.39. The monoisotopic (exact) mass is 258 g/mol. The Balaban J connectivity index is 2.20. The molecule has 1 rings (SSSR count). The fourth-order valence-electron chi connectivity index (χ4n) is 2.79. The average Bonchev–Trinajstić information content (AvgIpc) is 2.68. The molecule has 0 radical (unpaired) electrons. The Hall–Kier alpha value is 0.270. The van der Waals surface area contributed by atoms with Crippen LogP contribution in [0.15, 0.2) is 0 Å². The van der Waals surface area contributed by atoms with Crippen LogP contribution in [0.2, 0.25) is 0 Å². The Kier molecular flexibility index (Phi) is 7.56. The number of nitrogens with one attached hydrogen (secondary N) is 1. The van der Waals surface area contributed by atoms with Gasteiger partial charge in [0.15, 0.2) is 0 Å². The zero-order valence-corrected chi connectivity index (χ0v) is 12.9. The first-order chi connectivity index (χ1) is 8.22. The van der Waals surface area contributed by atoms with E-state index < -0.39 is 0 Å². The predicted molar refractivity (Wildman–Crippen MR) is 79.9 cm³/mol. The van der Waals surface area contributed by atoms with Gasteiger partial charge < -0.3 is 10.2 Å². The Bertz CT molecular complexity index is 195. The topological polar surface area (TPSA) is 15.3 Å². The summed E-state index contributed by atoms with van der Waals surface area (Å²) in [6, 6.07) is 0.769. The number of nitrogens with zero attached hydrogens (tertiary/aromatic N) is 1. The second-order valence-corrected chi connectivity index (χ2v) is 6.38. The van der Waals surface area contributed by atoms with E-state index in [0.717, 1.165) is 23.8 Å². The molecule has 0 aliphatic heterocycles. The first-order valence-corrected chi connectivity index (χ1v) is 8.35. The van der Waals surface area contributed by atoms with Gasteiger partial charge in [0, 0.05) is 23.6 Å². The third-order valence-electron chi connectivity index (χ3n) is 4.08. The third kappa shape index (κ3) is 4.80. The molecule has 0 aromatic carbocycles. The van der Waals surface area contributed by atoms with Crippen molar-refractivity contribution in [2.75, 3.05) is 31.9 Å². The van der Waals surface area contributed by atoms with Crippen LogP contribution in [0.5, 0.6) is 0 Å². The van der Waals surface area contributed by atoms with Gasteiger partial charge >= 0.3 is 0 Å². The zero-order chi connectivity index (χ0) is 12.7. The summed E-state index contributed by atoms with van der Waals surface area (Å²) in [7, 11) is 0. The molecule has 2 nitrogen and oxygen atoms in total. The van der Waals surface area contributed by atoms with Gasteiger partial charge in [0.05, 0.1) is 0 Å². The van der Waals surface area contributed by atoms with E-state index in [1.165, 1.54) is 38.2 Å². The first-order valence-electron chi connectivity index (χ1n) is 7.30. The maximum absolute atomic E-state index is 3.62. The van der Waals surface area contributed by atoms with Crippen molar-refractivity contribution in [1.29, 1.82) is 0 Å². The highest BCUT2D eigenvalue weighted by molar-refractivity contribution is 7.99. The summed E-state index contributed by atoms with van der Waals surface area (Å²) in [5, 5.41) is 4.51. The predicted octanol–water partition coefficient (Wildman–Crippen LogP) is 2.84. The van der Waals surface area contributed by atoms with Gasteiger partial charge in [-0.15, -0.1) is 0 Å². The van der Waals surface area contributed by atoms with Gasteiger partial charge in [-0.3, -0.25) is 0 Å². The van der Waals surface area contributed by atoms with E-state index in [9.17, 15) is 0 Å². The molecular weight excluding hydrogens is 228 g/mol. The average molecular weight is 258 g/mol. The van der Waals surface area contributed by atoms with Gasteiger partial charge in [-0.1, -0.05) is 27.7 Å². The summed E-state index contributed by atoms with van der Waals surface area (Å²) < 4.78 is 0. The number of thioether (sulfide) groups is 1. The minimum Gasteiger partial charge on any atom is -0.314 e. The lowest BCUT2D eigenvalue weighted by Gasteiger charge is -2.23. The van der Waals surface area contributed by atoms with E-state index in [0.29, 0.717) is 0 Å². The van der Waals surface area contributed by atoms with Crippen molar-refractivity contribution in [3.63, 3.8) is 0 Å². The number of hydrogen-bond acceptors (Lipinski definition) is 3. The lowest BCUT2D eigenvalue weighted by Crippen LogP contribution is -2.33. The maximum Gasteiger partial charge on any atom is 0.0103 e. The minimum atomic E-state index is 0.769. The Labute approximate surface area is 112 Å². The highest BCUT2D eigenvalue weighted by atomic mass is 32.2. The Morgan fingerprint density at radius 3 is 2.47 bits per heavy atom. The summed E-state index contributed by atoms with van der Waals surface area (Å²) in [6.07, 6.45) is 2.78. The lowest BCUT2D eigenvalue weighted by atomic mass is 10.1. The molecule has 0 saturated heterocycles. The van der Waals surface area contributed by atoms with Crippen LogP contribution in [0.4, 0.5) is 0 Å². The molecule has 0 aromatic rings. The molecule has 1 aliphatic rings. The van der Waals surface area contributed by atoms with E-state index in [1.807, 2.05) is 0 Å². The number of rotatable bonds is 8. The van der Waals surface area contributed by atoms with Crippen LogP contribution in [0, 0.1) is 5.92 Å². The van der Waals surface area contributed by atoms with Crippen molar-refractivity contribution in [2.45, 2.75) is 51.8 Å². The molecular formula is C14H30N2S. The molecule has 0 heterocycles. The van der Waals surface area contributed by atoms with Crippen LogP contribution in [0.3, 0.4) is 0 Å². The highest BCUT2D eigenvalue weighted by Crippen LogP contribution is 2.34. The van der Waals surface area contributed by atoms with Gasteiger partial charge in [0.1, 0.15) is 0 Å². The first kappa shape index (κ1) is 15.3. The van der Waals surface area contributed by atoms with Crippen LogP contribution in [0.25, 0.3) is 0 Å². The van der Waals surface area contributed by atoms with Crippen molar-refractivity contribution in [2.24, 2.45) is 5.92 Å². The summed E-state index contributed by atoms with van der Waals surface area (Å²) >= 11 is 2.20. The van der Waals surface area contributed by atoms with E-state index in [-0.39, 0.29) is 0 Å². The second-order valence-electron chi connectivity index (χ2n) is 5.04. The lowest BCUT2D eigenvalue weighted by molar-refractivity contribution is 0.323. The van der Waals surface area contributed by atoms with Crippen molar-refractivity contribution in [3.05, 3.63) is 0 Å². The molecule has 1 fully saturated rings. The summed E-state index contributed by atoms with van der Waals surface area (Å²) in [4.78, 5) is 2.52. The molecule has 0 aromatic heterocycles. The normalized spacial score (nSPS) is 29.1. The van der Waals surface area contributed by atoms with Crippen molar-refractivity contribution >= 4 is 11.8 Å². The molecule has 1 saturated carbocycles. The molecule has 0 bridgehead atoms. The van der Waals surface area contributed by atoms with Crippen LogP contribution in [-0.4, -0.2) is 48.1 Å². The zero-order valence-electron chi connectivity index (χ0n) is 12.0. The summed E-state index contributed by atoms with van der Waals surface area (Å²) in [5.74, 6) is 2.15. The molecule has 1 aliphatic carbocycles.